The van der Waals surface area contributed by atoms with E-state index in [1.54, 1.807) is 42.3 Å². The summed E-state index contributed by atoms with van der Waals surface area (Å²) < 4.78 is 26.2. The van der Waals surface area contributed by atoms with E-state index in [0.29, 0.717) is 15.9 Å². The molecule has 2 rings (SSSR count). The first kappa shape index (κ1) is 13.2. The average molecular weight is 330 g/mol. The molecule has 18 heavy (non-hydrogen) atoms. The Morgan fingerprint density at radius 1 is 1.33 bits per heavy atom. The monoisotopic (exact) mass is 329 g/mol. The fourth-order valence-corrected chi connectivity index (χ4v) is 3.69. The molecule has 5 nitrogen and oxygen atoms in total. The van der Waals surface area contributed by atoms with Crippen LogP contribution in [0.15, 0.2) is 35.2 Å². The van der Waals surface area contributed by atoms with Gasteiger partial charge in [0, 0.05) is 25.0 Å². The maximum Gasteiger partial charge on any atom is 0.160 e. The van der Waals surface area contributed by atoms with Crippen molar-refractivity contribution in [3.05, 3.63) is 46.5 Å². The number of nitrogens with zero attached hydrogens (tertiary/aromatic N) is 3. The first-order valence-corrected chi connectivity index (χ1v) is 7.86. The zero-order chi connectivity index (χ0) is 13.2. The molecule has 2 aromatic heterocycles. The molecule has 2 heterocycles. The molecule has 0 N–H and O–H groups in total. The lowest BCUT2D eigenvalue weighted by Gasteiger charge is -2.02. The van der Waals surface area contributed by atoms with Gasteiger partial charge in [0.15, 0.2) is 9.84 Å². The first-order valence-electron chi connectivity index (χ1n) is 5.24. The van der Waals surface area contributed by atoms with Crippen molar-refractivity contribution in [3.8, 4) is 0 Å². The Balaban J connectivity index is 2.15. The van der Waals surface area contributed by atoms with Crippen LogP contribution in [0.5, 0.6) is 0 Å². The van der Waals surface area contributed by atoms with Gasteiger partial charge in [-0.2, -0.15) is 5.10 Å². The summed E-state index contributed by atoms with van der Waals surface area (Å²) in [6.07, 6.45) is 3.28. The minimum absolute atomic E-state index is 0.0437. The van der Waals surface area contributed by atoms with Crippen LogP contribution in [0.1, 0.15) is 11.3 Å². The molecule has 0 saturated heterocycles. The molecule has 0 amide bonds. The summed E-state index contributed by atoms with van der Waals surface area (Å²) >= 11 is 3.24. The average Bonchev–Trinajstić information content (AvgIpc) is 2.57. The standard InChI is InChI=1S/C11H12BrN3O2S/c1-15-6-9(11(12)14-15)7-18(16,17)8-10-4-2-3-5-13-10/h2-6H,7-8H2,1H3. The lowest BCUT2D eigenvalue weighted by Crippen LogP contribution is -2.08. The lowest BCUT2D eigenvalue weighted by atomic mass is 10.4. The molecule has 2 aromatic rings. The summed E-state index contributed by atoms with van der Waals surface area (Å²) in [4.78, 5) is 4.02. The van der Waals surface area contributed by atoms with Gasteiger partial charge in [-0.1, -0.05) is 6.07 Å². The fraction of sp³-hybridized carbons (Fsp3) is 0.273. The van der Waals surface area contributed by atoms with E-state index in [2.05, 4.69) is 26.0 Å². The van der Waals surface area contributed by atoms with Gasteiger partial charge in [0.2, 0.25) is 0 Å². The number of rotatable bonds is 4. The van der Waals surface area contributed by atoms with Crippen molar-refractivity contribution in [3.63, 3.8) is 0 Å². The predicted octanol–water partition coefficient (Wildman–Crippen LogP) is 1.69. The predicted molar refractivity (Wildman–Crippen MR) is 71.5 cm³/mol. The highest BCUT2D eigenvalue weighted by Gasteiger charge is 2.17. The second-order valence-corrected chi connectivity index (χ2v) is 6.79. The number of sulfone groups is 1. The minimum Gasteiger partial charge on any atom is -0.274 e. The van der Waals surface area contributed by atoms with E-state index < -0.39 is 9.84 Å². The summed E-state index contributed by atoms with van der Waals surface area (Å²) in [5, 5.41) is 4.06. The van der Waals surface area contributed by atoms with Crippen LogP contribution in [-0.2, 0) is 28.4 Å². The van der Waals surface area contributed by atoms with E-state index in [1.807, 2.05) is 0 Å². The van der Waals surface area contributed by atoms with Crippen LogP contribution in [0.2, 0.25) is 0 Å². The van der Waals surface area contributed by atoms with Gasteiger partial charge >= 0.3 is 0 Å². The van der Waals surface area contributed by atoms with E-state index >= 15 is 0 Å². The zero-order valence-corrected chi connectivity index (χ0v) is 12.1. The van der Waals surface area contributed by atoms with Crippen molar-refractivity contribution < 1.29 is 8.42 Å². The van der Waals surface area contributed by atoms with Crippen molar-refractivity contribution >= 4 is 25.8 Å². The number of hydrogen-bond donors (Lipinski definition) is 0. The quantitative estimate of drug-likeness (QED) is 0.856. The molecule has 0 atom stereocenters. The van der Waals surface area contributed by atoms with Crippen LogP contribution in [0.4, 0.5) is 0 Å². The number of hydrogen-bond acceptors (Lipinski definition) is 4. The van der Waals surface area contributed by atoms with Gasteiger partial charge in [-0.25, -0.2) is 8.42 Å². The molecule has 96 valence electrons. The Hall–Kier alpha value is -1.21. The third kappa shape index (κ3) is 3.39. The maximum atomic E-state index is 12.0. The Bertz CT molecular complexity index is 638. The number of aryl methyl sites for hydroxylation is 1. The highest BCUT2D eigenvalue weighted by atomic mass is 79.9. The second-order valence-electron chi connectivity index (χ2n) is 3.97. The number of aromatic nitrogens is 3. The molecule has 0 bridgehead atoms. The number of halogens is 1. The first-order chi connectivity index (χ1) is 8.46. The highest BCUT2D eigenvalue weighted by molar-refractivity contribution is 9.10. The van der Waals surface area contributed by atoms with Crippen LogP contribution in [0, 0.1) is 0 Å². The van der Waals surface area contributed by atoms with Crippen LogP contribution >= 0.6 is 15.9 Å². The topological polar surface area (TPSA) is 64.8 Å². The van der Waals surface area contributed by atoms with E-state index in [4.69, 9.17) is 0 Å². The van der Waals surface area contributed by atoms with Crippen molar-refractivity contribution in [2.24, 2.45) is 7.05 Å². The SMILES string of the molecule is Cn1cc(CS(=O)(=O)Cc2ccccn2)c(Br)n1. The van der Waals surface area contributed by atoms with E-state index in [1.165, 1.54) is 0 Å². The van der Waals surface area contributed by atoms with Gasteiger partial charge in [0.1, 0.15) is 4.60 Å². The second kappa shape index (κ2) is 5.19. The fourth-order valence-electron chi connectivity index (χ4n) is 1.60. The normalized spacial score (nSPS) is 11.7. The summed E-state index contributed by atoms with van der Waals surface area (Å²) in [7, 11) is -1.49. The lowest BCUT2D eigenvalue weighted by molar-refractivity contribution is 0.593. The van der Waals surface area contributed by atoms with Gasteiger partial charge in [-0.3, -0.25) is 9.67 Å². The Morgan fingerprint density at radius 2 is 2.11 bits per heavy atom. The van der Waals surface area contributed by atoms with Crippen LogP contribution in [0.25, 0.3) is 0 Å². The Morgan fingerprint density at radius 3 is 2.67 bits per heavy atom. The van der Waals surface area contributed by atoms with E-state index in [-0.39, 0.29) is 11.5 Å². The van der Waals surface area contributed by atoms with Crippen LogP contribution in [0.3, 0.4) is 0 Å². The third-order valence-electron chi connectivity index (χ3n) is 2.32. The molecule has 0 saturated carbocycles. The minimum atomic E-state index is -3.24. The molecule has 0 aliphatic carbocycles. The van der Waals surface area contributed by atoms with Crippen molar-refractivity contribution in [2.75, 3.05) is 0 Å². The van der Waals surface area contributed by atoms with Crippen molar-refractivity contribution in [2.45, 2.75) is 11.5 Å². The zero-order valence-electron chi connectivity index (χ0n) is 9.75. The summed E-state index contributed by atoms with van der Waals surface area (Å²) in [6.45, 7) is 0. The molecule has 7 heteroatoms. The van der Waals surface area contributed by atoms with Gasteiger partial charge in [-0.15, -0.1) is 0 Å². The third-order valence-corrected chi connectivity index (χ3v) is 4.48. The molecule has 0 aliphatic rings. The van der Waals surface area contributed by atoms with E-state index in [9.17, 15) is 8.42 Å². The molecular weight excluding hydrogens is 318 g/mol. The highest BCUT2D eigenvalue weighted by Crippen LogP contribution is 2.18. The number of pyridine rings is 1. The molecule has 0 fully saturated rings. The van der Waals surface area contributed by atoms with Gasteiger partial charge in [0.05, 0.1) is 17.2 Å². The van der Waals surface area contributed by atoms with Crippen molar-refractivity contribution in [1.82, 2.24) is 14.8 Å². The van der Waals surface area contributed by atoms with Gasteiger partial charge in [0.25, 0.3) is 0 Å². The molecule has 0 aromatic carbocycles. The molecule has 0 spiro atoms. The van der Waals surface area contributed by atoms with Crippen LogP contribution < -0.4 is 0 Å². The largest absolute Gasteiger partial charge is 0.274 e. The smallest absolute Gasteiger partial charge is 0.160 e. The van der Waals surface area contributed by atoms with Gasteiger partial charge < -0.3 is 0 Å². The molecule has 0 radical (unpaired) electrons. The molecule has 0 unspecified atom stereocenters. The van der Waals surface area contributed by atoms with Crippen molar-refractivity contribution in [1.29, 1.82) is 0 Å². The Labute approximate surface area is 114 Å². The summed E-state index contributed by atoms with van der Waals surface area (Å²) in [5.41, 5.74) is 1.21. The summed E-state index contributed by atoms with van der Waals surface area (Å²) in [5.74, 6) is -0.104. The molecule has 0 aliphatic heterocycles. The van der Waals surface area contributed by atoms with Gasteiger partial charge in [-0.05, 0) is 28.1 Å². The maximum absolute atomic E-state index is 12.0. The van der Waals surface area contributed by atoms with E-state index in [0.717, 1.165) is 0 Å². The summed E-state index contributed by atoms with van der Waals surface area (Å²) in [6, 6.07) is 5.24. The van der Waals surface area contributed by atoms with Crippen LogP contribution in [-0.4, -0.2) is 23.2 Å². The Kier molecular flexibility index (Phi) is 3.82. The molecular formula is C11H12BrN3O2S.